The van der Waals surface area contributed by atoms with Crippen LogP contribution in [0.5, 0.6) is 0 Å². The summed E-state index contributed by atoms with van der Waals surface area (Å²) in [6.45, 7) is 1.57. The molecule has 4 rings (SSSR count). The third-order valence-corrected chi connectivity index (χ3v) is 5.79. The number of nitrogens with zero attached hydrogens (tertiary/aromatic N) is 4. The molecule has 30 heavy (non-hydrogen) atoms. The number of hydrogen-bond acceptors (Lipinski definition) is 3. The minimum absolute atomic E-state index is 0.0343. The number of fused-ring (bicyclic) bond motifs is 1. The van der Waals surface area contributed by atoms with Gasteiger partial charge >= 0.3 is 6.03 Å². The molecule has 2 N–H and O–H groups in total. The average molecular weight is 429 g/mol. The maximum atomic E-state index is 12.7. The molecule has 1 saturated heterocycles. The van der Waals surface area contributed by atoms with Gasteiger partial charge in [-0.25, -0.2) is 4.79 Å². The van der Waals surface area contributed by atoms with E-state index in [0.29, 0.717) is 30.4 Å². The lowest BCUT2D eigenvalue weighted by molar-refractivity contribution is 0.0630. The summed E-state index contributed by atoms with van der Waals surface area (Å²) >= 11 is 6.03. The Morgan fingerprint density at radius 2 is 2.17 bits per heavy atom. The molecular weight excluding hydrogens is 404 g/mol. The van der Waals surface area contributed by atoms with Gasteiger partial charge in [-0.05, 0) is 43.2 Å². The average Bonchev–Trinajstić information content (AvgIpc) is 3.36. The number of likely N-dealkylation sites (tertiary alicyclic amines) is 1. The number of amides is 3. The number of H-pyrrole nitrogens is 1. The Morgan fingerprint density at radius 3 is 2.93 bits per heavy atom. The fraction of sp³-hybridized carbons (Fsp3) is 0.381. The number of piperidine rings is 1. The number of nitrogens with one attached hydrogen (secondary N) is 2. The molecule has 158 valence electrons. The van der Waals surface area contributed by atoms with Crippen molar-refractivity contribution in [1.82, 2.24) is 29.9 Å². The van der Waals surface area contributed by atoms with Crippen molar-refractivity contribution < 1.29 is 9.59 Å². The van der Waals surface area contributed by atoms with Crippen molar-refractivity contribution in [2.75, 3.05) is 20.1 Å². The van der Waals surface area contributed by atoms with Gasteiger partial charge in [-0.3, -0.25) is 9.48 Å². The van der Waals surface area contributed by atoms with Crippen LogP contribution in [0, 0.1) is 0 Å². The predicted molar refractivity (Wildman–Crippen MR) is 115 cm³/mol. The topological polar surface area (TPSA) is 86.3 Å². The van der Waals surface area contributed by atoms with E-state index in [4.69, 9.17) is 11.6 Å². The van der Waals surface area contributed by atoms with Gasteiger partial charge in [0.1, 0.15) is 5.69 Å². The molecular formula is C21H25ClN6O2. The van der Waals surface area contributed by atoms with Gasteiger partial charge in [0, 0.05) is 55.0 Å². The molecule has 0 radical (unpaired) electrons. The van der Waals surface area contributed by atoms with E-state index in [-0.39, 0.29) is 18.0 Å². The van der Waals surface area contributed by atoms with Crippen LogP contribution in [0.3, 0.4) is 0 Å². The second-order valence-corrected chi connectivity index (χ2v) is 8.15. The Balaban J connectivity index is 1.35. The smallest absolute Gasteiger partial charge is 0.317 e. The lowest BCUT2D eigenvalue weighted by Crippen LogP contribution is -2.52. The molecule has 0 spiro atoms. The molecule has 0 unspecified atom stereocenters. The van der Waals surface area contributed by atoms with Crippen molar-refractivity contribution in [2.45, 2.75) is 25.4 Å². The van der Waals surface area contributed by atoms with Gasteiger partial charge in [-0.2, -0.15) is 5.10 Å². The van der Waals surface area contributed by atoms with E-state index in [2.05, 4.69) is 15.4 Å². The van der Waals surface area contributed by atoms with Crippen LogP contribution in [-0.2, 0) is 13.6 Å². The Morgan fingerprint density at radius 1 is 1.33 bits per heavy atom. The fourth-order valence-electron chi connectivity index (χ4n) is 3.87. The van der Waals surface area contributed by atoms with Gasteiger partial charge in [0.2, 0.25) is 0 Å². The standard InChI is InChI=1S/C21H25ClN6O2/c1-26-9-7-19(25-26)20(29)28-8-3-4-17(13-28)27(2)21(30)23-12-16-11-14-10-15(22)5-6-18(14)24-16/h5-7,9-11,17,24H,3-4,8,12-13H2,1-2H3,(H,23,30)/t17-/m1/s1. The first-order valence-corrected chi connectivity index (χ1v) is 10.4. The number of aryl methyl sites for hydroxylation is 1. The monoisotopic (exact) mass is 428 g/mol. The van der Waals surface area contributed by atoms with Gasteiger partial charge in [-0.15, -0.1) is 0 Å². The van der Waals surface area contributed by atoms with Crippen LogP contribution in [0.4, 0.5) is 4.79 Å². The Bertz CT molecular complexity index is 1070. The summed E-state index contributed by atoms with van der Waals surface area (Å²) in [6.07, 6.45) is 3.47. The highest BCUT2D eigenvalue weighted by Gasteiger charge is 2.29. The van der Waals surface area contributed by atoms with Crippen molar-refractivity contribution in [3.8, 4) is 0 Å². The van der Waals surface area contributed by atoms with Crippen LogP contribution in [0.1, 0.15) is 29.0 Å². The summed E-state index contributed by atoms with van der Waals surface area (Å²) in [5, 5.41) is 8.84. The van der Waals surface area contributed by atoms with Crippen LogP contribution in [0.25, 0.3) is 10.9 Å². The molecule has 1 atom stereocenters. The highest BCUT2D eigenvalue weighted by Crippen LogP contribution is 2.20. The highest BCUT2D eigenvalue weighted by atomic mass is 35.5. The number of benzene rings is 1. The summed E-state index contributed by atoms with van der Waals surface area (Å²) in [6, 6.07) is 9.14. The van der Waals surface area contributed by atoms with Crippen LogP contribution >= 0.6 is 11.6 Å². The maximum absolute atomic E-state index is 12.7. The maximum Gasteiger partial charge on any atom is 0.317 e. The first-order chi connectivity index (χ1) is 14.4. The number of halogens is 1. The van der Waals surface area contributed by atoms with E-state index in [1.165, 1.54) is 0 Å². The van der Waals surface area contributed by atoms with E-state index in [1.807, 2.05) is 24.3 Å². The second kappa shape index (κ2) is 8.39. The van der Waals surface area contributed by atoms with Crippen molar-refractivity contribution in [2.24, 2.45) is 7.05 Å². The number of aromatic amines is 1. The molecule has 3 aromatic rings. The van der Waals surface area contributed by atoms with E-state index in [0.717, 1.165) is 29.4 Å². The summed E-state index contributed by atoms with van der Waals surface area (Å²) in [5.41, 5.74) is 2.32. The van der Waals surface area contributed by atoms with E-state index in [1.54, 1.807) is 40.8 Å². The summed E-state index contributed by atoms with van der Waals surface area (Å²) < 4.78 is 1.62. The third kappa shape index (κ3) is 4.28. The number of carbonyl (C=O) groups is 2. The van der Waals surface area contributed by atoms with Gasteiger partial charge in [0.15, 0.2) is 0 Å². The zero-order valence-electron chi connectivity index (χ0n) is 17.1. The van der Waals surface area contributed by atoms with Crippen molar-refractivity contribution >= 4 is 34.4 Å². The fourth-order valence-corrected chi connectivity index (χ4v) is 4.05. The number of rotatable bonds is 4. The van der Waals surface area contributed by atoms with Gasteiger partial charge < -0.3 is 20.1 Å². The Kier molecular flexibility index (Phi) is 5.67. The van der Waals surface area contributed by atoms with Gasteiger partial charge in [0.05, 0.1) is 12.6 Å². The van der Waals surface area contributed by atoms with Gasteiger partial charge in [-0.1, -0.05) is 11.6 Å². The summed E-state index contributed by atoms with van der Waals surface area (Å²) in [5.74, 6) is -0.0918. The summed E-state index contributed by atoms with van der Waals surface area (Å²) in [7, 11) is 3.56. The molecule has 3 amide bonds. The number of carbonyl (C=O) groups excluding carboxylic acids is 2. The molecule has 1 aliphatic rings. The molecule has 0 bridgehead atoms. The number of urea groups is 1. The molecule has 9 heteroatoms. The zero-order chi connectivity index (χ0) is 21.3. The van der Waals surface area contributed by atoms with Crippen LogP contribution in [0.15, 0.2) is 36.5 Å². The van der Waals surface area contributed by atoms with Crippen molar-refractivity contribution in [3.63, 3.8) is 0 Å². The molecule has 0 saturated carbocycles. The number of hydrogen-bond donors (Lipinski definition) is 2. The lowest BCUT2D eigenvalue weighted by Gasteiger charge is -2.37. The predicted octanol–water partition coefficient (Wildman–Crippen LogP) is 3.00. The summed E-state index contributed by atoms with van der Waals surface area (Å²) in [4.78, 5) is 32.1. The largest absolute Gasteiger partial charge is 0.357 e. The number of likely N-dealkylation sites (N-methyl/N-ethyl adjacent to an activating group) is 1. The van der Waals surface area contributed by atoms with E-state index >= 15 is 0 Å². The minimum atomic E-state index is -0.163. The minimum Gasteiger partial charge on any atom is -0.357 e. The molecule has 1 fully saturated rings. The normalized spacial score (nSPS) is 16.6. The lowest BCUT2D eigenvalue weighted by atomic mass is 10.0. The first-order valence-electron chi connectivity index (χ1n) is 9.97. The highest BCUT2D eigenvalue weighted by molar-refractivity contribution is 6.31. The first kappa shape index (κ1) is 20.3. The van der Waals surface area contributed by atoms with Gasteiger partial charge in [0.25, 0.3) is 5.91 Å². The molecule has 1 aliphatic heterocycles. The second-order valence-electron chi connectivity index (χ2n) is 7.72. The van der Waals surface area contributed by atoms with E-state index < -0.39 is 0 Å². The SMILES string of the molecule is CN(C(=O)NCc1cc2cc(Cl)ccc2[nH]1)[C@@H]1CCCN(C(=O)c2ccn(C)n2)C1. The van der Waals surface area contributed by atoms with Crippen LogP contribution < -0.4 is 5.32 Å². The quantitative estimate of drug-likeness (QED) is 0.669. The van der Waals surface area contributed by atoms with Crippen LogP contribution in [0.2, 0.25) is 5.02 Å². The molecule has 2 aromatic heterocycles. The van der Waals surface area contributed by atoms with Crippen molar-refractivity contribution in [1.29, 1.82) is 0 Å². The van der Waals surface area contributed by atoms with Crippen LogP contribution in [-0.4, -0.2) is 62.7 Å². The Labute approximate surface area is 179 Å². The molecule has 0 aliphatic carbocycles. The number of aromatic nitrogens is 3. The van der Waals surface area contributed by atoms with Crippen molar-refractivity contribution in [3.05, 3.63) is 52.9 Å². The Hall–Kier alpha value is -3.00. The molecule has 3 heterocycles. The van der Waals surface area contributed by atoms with E-state index in [9.17, 15) is 9.59 Å². The zero-order valence-corrected chi connectivity index (χ0v) is 17.8. The third-order valence-electron chi connectivity index (χ3n) is 5.55. The molecule has 1 aromatic carbocycles. The molecule has 8 nitrogen and oxygen atoms in total.